The molecule has 1 N–H and O–H groups in total. The van der Waals surface area contributed by atoms with Gasteiger partial charge in [-0.15, -0.1) is 0 Å². The van der Waals surface area contributed by atoms with Gasteiger partial charge in [0.05, 0.1) is 34.0 Å². The predicted molar refractivity (Wildman–Crippen MR) is 104 cm³/mol. The van der Waals surface area contributed by atoms with E-state index in [4.69, 9.17) is 4.74 Å². The van der Waals surface area contributed by atoms with Gasteiger partial charge in [0.25, 0.3) is 5.69 Å². The number of methoxy groups -OCH3 is 1. The Balaban J connectivity index is 1.73. The van der Waals surface area contributed by atoms with Gasteiger partial charge in [-0.25, -0.2) is 9.37 Å². The first-order valence-electron chi connectivity index (χ1n) is 8.30. The van der Waals surface area contributed by atoms with Crippen molar-refractivity contribution < 1.29 is 18.8 Å². The van der Waals surface area contributed by atoms with E-state index in [1.165, 1.54) is 11.8 Å². The van der Waals surface area contributed by atoms with E-state index in [9.17, 15) is 19.3 Å². The zero-order valence-electron chi connectivity index (χ0n) is 14.9. The molecule has 28 heavy (non-hydrogen) atoms. The van der Waals surface area contributed by atoms with E-state index in [-0.39, 0.29) is 17.1 Å². The van der Waals surface area contributed by atoms with Crippen LogP contribution in [-0.2, 0) is 16.1 Å². The van der Waals surface area contributed by atoms with E-state index in [1.54, 1.807) is 7.11 Å². The van der Waals surface area contributed by atoms with Gasteiger partial charge < -0.3 is 14.6 Å². The van der Waals surface area contributed by atoms with Crippen LogP contribution in [0.5, 0.6) is 0 Å². The highest BCUT2D eigenvalue weighted by Gasteiger charge is 2.16. The van der Waals surface area contributed by atoms with Crippen molar-refractivity contribution in [1.29, 1.82) is 0 Å². The normalized spacial score (nSPS) is 10.9. The summed E-state index contributed by atoms with van der Waals surface area (Å²) in [6.07, 6.45) is 0. The first kappa shape index (κ1) is 19.8. The summed E-state index contributed by atoms with van der Waals surface area (Å²) in [4.78, 5) is 26.9. The monoisotopic (exact) mass is 404 g/mol. The molecule has 0 saturated heterocycles. The maximum absolute atomic E-state index is 13.8. The number of thioether (sulfide) groups is 1. The first-order valence-corrected chi connectivity index (χ1v) is 9.29. The van der Waals surface area contributed by atoms with E-state index >= 15 is 0 Å². The average molecular weight is 404 g/mol. The van der Waals surface area contributed by atoms with Gasteiger partial charge in [-0.3, -0.25) is 14.9 Å². The van der Waals surface area contributed by atoms with Crippen molar-refractivity contribution in [2.75, 3.05) is 24.8 Å². The number of hydrogen-bond acceptors (Lipinski definition) is 6. The third-order valence-electron chi connectivity index (χ3n) is 3.91. The number of hydrogen-bond donors (Lipinski definition) is 1. The molecule has 0 aliphatic carbocycles. The molecule has 2 aromatic carbocycles. The number of halogens is 1. The van der Waals surface area contributed by atoms with Crippen LogP contribution in [0.25, 0.3) is 11.0 Å². The second-order valence-corrected chi connectivity index (χ2v) is 6.73. The molecule has 1 aromatic heterocycles. The number of anilines is 1. The van der Waals surface area contributed by atoms with E-state index in [0.717, 1.165) is 29.2 Å². The van der Waals surface area contributed by atoms with Crippen molar-refractivity contribution in [3.63, 3.8) is 0 Å². The van der Waals surface area contributed by atoms with Crippen LogP contribution in [0.15, 0.2) is 47.6 Å². The van der Waals surface area contributed by atoms with Gasteiger partial charge in [0, 0.05) is 25.8 Å². The van der Waals surface area contributed by atoms with E-state index in [1.807, 2.05) is 28.8 Å². The number of para-hydroxylation sites is 2. The highest BCUT2D eigenvalue weighted by Crippen LogP contribution is 2.25. The SMILES string of the molecule is COCCn1c(SCC(=O)Nc2cc([N+](=O)[O-])ccc2F)nc2ccccc21. The Bertz CT molecular complexity index is 1020. The molecule has 3 rings (SSSR count). The molecule has 0 atom stereocenters. The lowest BCUT2D eigenvalue weighted by Crippen LogP contribution is -2.16. The molecule has 8 nitrogen and oxygen atoms in total. The number of ether oxygens (including phenoxy) is 1. The van der Waals surface area contributed by atoms with Gasteiger partial charge in [0.2, 0.25) is 5.91 Å². The second kappa shape index (κ2) is 8.81. The standard InChI is InChI=1S/C18H17FN4O4S/c1-27-9-8-22-16-5-3-2-4-14(16)21-18(22)28-11-17(24)20-15-10-12(23(25)26)6-7-13(15)19/h2-7,10H,8-9,11H2,1H3,(H,20,24). The Kier molecular flexibility index (Phi) is 6.22. The number of rotatable bonds is 8. The predicted octanol–water partition coefficient (Wildman–Crippen LogP) is 3.46. The third kappa shape index (κ3) is 4.46. The number of fused-ring (bicyclic) bond motifs is 1. The fraction of sp³-hybridized carbons (Fsp3) is 0.222. The average Bonchev–Trinajstić information content (AvgIpc) is 3.03. The van der Waals surface area contributed by atoms with Crippen LogP contribution >= 0.6 is 11.8 Å². The number of non-ortho nitro benzene ring substituents is 1. The van der Waals surface area contributed by atoms with Crippen molar-refractivity contribution in [2.45, 2.75) is 11.7 Å². The van der Waals surface area contributed by atoms with Gasteiger partial charge in [0.1, 0.15) is 5.82 Å². The summed E-state index contributed by atoms with van der Waals surface area (Å²) >= 11 is 1.19. The molecule has 0 saturated carbocycles. The molecule has 0 radical (unpaired) electrons. The fourth-order valence-corrected chi connectivity index (χ4v) is 3.44. The van der Waals surface area contributed by atoms with Crippen molar-refractivity contribution in [3.05, 3.63) is 58.4 Å². The Hall–Kier alpha value is -2.98. The molecule has 0 unspecified atom stereocenters. The fourth-order valence-electron chi connectivity index (χ4n) is 2.60. The summed E-state index contributed by atoms with van der Waals surface area (Å²) in [7, 11) is 1.60. The number of benzene rings is 2. The Labute approximate surface area is 163 Å². The maximum Gasteiger partial charge on any atom is 0.271 e. The number of imidazole rings is 1. The summed E-state index contributed by atoms with van der Waals surface area (Å²) in [6.45, 7) is 1.06. The molecule has 1 heterocycles. The second-order valence-electron chi connectivity index (χ2n) is 5.79. The minimum Gasteiger partial charge on any atom is -0.383 e. The summed E-state index contributed by atoms with van der Waals surface area (Å²) in [6, 6.07) is 10.6. The zero-order chi connectivity index (χ0) is 20.1. The molecular formula is C18H17FN4O4S. The van der Waals surface area contributed by atoms with Gasteiger partial charge in [-0.1, -0.05) is 23.9 Å². The summed E-state index contributed by atoms with van der Waals surface area (Å²) < 4.78 is 20.9. The van der Waals surface area contributed by atoms with Crippen LogP contribution in [0.2, 0.25) is 0 Å². The molecule has 3 aromatic rings. The van der Waals surface area contributed by atoms with Gasteiger partial charge in [-0.2, -0.15) is 0 Å². The van der Waals surface area contributed by atoms with Crippen molar-refractivity contribution in [3.8, 4) is 0 Å². The molecule has 0 aliphatic heterocycles. The Morgan fingerprint density at radius 2 is 2.14 bits per heavy atom. The van der Waals surface area contributed by atoms with Crippen LogP contribution in [0, 0.1) is 15.9 Å². The van der Waals surface area contributed by atoms with E-state index < -0.39 is 16.6 Å². The summed E-state index contributed by atoms with van der Waals surface area (Å²) in [5.74, 6) is -1.26. The third-order valence-corrected chi connectivity index (χ3v) is 4.88. The number of carbonyl (C=O) groups is 1. The van der Waals surface area contributed by atoms with Crippen LogP contribution in [-0.4, -0.2) is 39.9 Å². The lowest BCUT2D eigenvalue weighted by Gasteiger charge is -2.09. The van der Waals surface area contributed by atoms with Crippen LogP contribution in [0.1, 0.15) is 0 Å². The molecule has 1 amide bonds. The summed E-state index contributed by atoms with van der Waals surface area (Å²) in [5.41, 5.74) is 1.19. The lowest BCUT2D eigenvalue weighted by atomic mass is 10.2. The van der Waals surface area contributed by atoms with Crippen molar-refractivity contribution in [1.82, 2.24) is 9.55 Å². The summed E-state index contributed by atoms with van der Waals surface area (Å²) in [5, 5.41) is 13.8. The molecular weight excluding hydrogens is 387 g/mol. The number of nitro benzene ring substituents is 1. The number of nitrogens with one attached hydrogen (secondary N) is 1. The smallest absolute Gasteiger partial charge is 0.271 e. The number of nitrogens with zero attached hydrogens (tertiary/aromatic N) is 3. The molecule has 0 fully saturated rings. The van der Waals surface area contributed by atoms with Gasteiger partial charge in [-0.05, 0) is 18.2 Å². The zero-order valence-corrected chi connectivity index (χ0v) is 15.7. The molecule has 0 aliphatic rings. The van der Waals surface area contributed by atoms with Crippen LogP contribution in [0.3, 0.4) is 0 Å². The molecule has 0 spiro atoms. The minimum absolute atomic E-state index is 0.0293. The number of nitro groups is 1. The lowest BCUT2D eigenvalue weighted by molar-refractivity contribution is -0.384. The van der Waals surface area contributed by atoms with Crippen LogP contribution in [0.4, 0.5) is 15.8 Å². The van der Waals surface area contributed by atoms with E-state index in [2.05, 4.69) is 10.3 Å². The largest absolute Gasteiger partial charge is 0.383 e. The first-order chi connectivity index (χ1) is 13.5. The number of aromatic nitrogens is 2. The topological polar surface area (TPSA) is 99.3 Å². The highest BCUT2D eigenvalue weighted by atomic mass is 32.2. The maximum atomic E-state index is 13.8. The van der Waals surface area contributed by atoms with Crippen molar-refractivity contribution in [2.24, 2.45) is 0 Å². The van der Waals surface area contributed by atoms with E-state index in [0.29, 0.717) is 18.3 Å². The number of carbonyl (C=O) groups excluding carboxylic acids is 1. The van der Waals surface area contributed by atoms with Gasteiger partial charge in [0.15, 0.2) is 5.16 Å². The van der Waals surface area contributed by atoms with Gasteiger partial charge >= 0.3 is 0 Å². The highest BCUT2D eigenvalue weighted by molar-refractivity contribution is 7.99. The quantitative estimate of drug-likeness (QED) is 0.351. The molecule has 0 bridgehead atoms. The molecule has 10 heteroatoms. The minimum atomic E-state index is -0.740. The Morgan fingerprint density at radius 1 is 1.36 bits per heavy atom. The molecule has 146 valence electrons. The Morgan fingerprint density at radius 3 is 2.89 bits per heavy atom. The number of amides is 1. The van der Waals surface area contributed by atoms with Crippen molar-refractivity contribution >= 4 is 40.1 Å². The van der Waals surface area contributed by atoms with Crippen LogP contribution < -0.4 is 5.32 Å².